The number of hydrogen-bond donors (Lipinski definition) is 0. The molecule has 1 nitrogen and oxygen atoms in total. The van der Waals surface area contributed by atoms with Gasteiger partial charge in [-0.25, -0.2) is 0 Å². The van der Waals surface area contributed by atoms with Crippen LogP contribution in [0.15, 0.2) is 24.8 Å². The third kappa shape index (κ3) is 15.6. The van der Waals surface area contributed by atoms with Crippen LogP contribution in [0, 0.1) is 5.92 Å². The van der Waals surface area contributed by atoms with E-state index in [1.807, 2.05) is 6.08 Å². The highest BCUT2D eigenvalue weighted by atomic mass is 15.1. The largest absolute Gasteiger partial charge is 0.306 e. The summed E-state index contributed by atoms with van der Waals surface area (Å²) in [5, 5.41) is 0. The molecule has 0 fully saturated rings. The molecule has 1 heteroatoms. The van der Waals surface area contributed by atoms with Crippen LogP contribution in [-0.2, 0) is 0 Å². The summed E-state index contributed by atoms with van der Waals surface area (Å²) in [6.45, 7) is 14.9. The molecule has 0 N–H and O–H groups in total. The molecule has 0 aromatic carbocycles. The Bertz CT molecular complexity index is 255. The Labute approximate surface area is 134 Å². The molecule has 0 rings (SSSR count). The van der Waals surface area contributed by atoms with Crippen molar-refractivity contribution in [1.82, 2.24) is 4.90 Å². The van der Waals surface area contributed by atoms with Gasteiger partial charge >= 0.3 is 0 Å². The molecule has 0 amide bonds. The van der Waals surface area contributed by atoms with Gasteiger partial charge in [0.25, 0.3) is 0 Å². The van der Waals surface area contributed by atoms with Gasteiger partial charge in [-0.15, -0.1) is 6.58 Å². The van der Waals surface area contributed by atoms with E-state index in [0.717, 1.165) is 31.8 Å². The average molecular weight is 294 g/mol. The third-order valence-corrected chi connectivity index (χ3v) is 4.12. The first-order valence-corrected chi connectivity index (χ1v) is 9.02. The van der Waals surface area contributed by atoms with Gasteiger partial charge < -0.3 is 4.90 Å². The second kappa shape index (κ2) is 14.4. The summed E-state index contributed by atoms with van der Waals surface area (Å²) in [4.78, 5) is 2.38. The molecule has 124 valence electrons. The summed E-state index contributed by atoms with van der Waals surface area (Å²) in [7, 11) is 2.19. The fraction of sp³-hybridized carbons (Fsp3) is 0.800. The minimum atomic E-state index is 0.873. The summed E-state index contributed by atoms with van der Waals surface area (Å²) >= 11 is 0. The van der Waals surface area contributed by atoms with Crippen LogP contribution in [0.5, 0.6) is 0 Å². The number of rotatable bonds is 15. The van der Waals surface area contributed by atoms with Crippen molar-refractivity contribution in [2.45, 2.75) is 78.1 Å². The minimum Gasteiger partial charge on any atom is -0.306 e. The molecule has 0 radical (unpaired) electrons. The monoisotopic (exact) mass is 293 g/mol. The number of unbranched alkanes of at least 4 members (excludes halogenated alkanes) is 5. The highest BCUT2D eigenvalue weighted by Gasteiger charge is 2.00. The lowest BCUT2D eigenvalue weighted by Gasteiger charge is -2.16. The lowest BCUT2D eigenvalue weighted by Crippen LogP contribution is -2.20. The number of hydrogen-bond acceptors (Lipinski definition) is 1. The smallest absolute Gasteiger partial charge is 0.00155 e. The van der Waals surface area contributed by atoms with Gasteiger partial charge in [-0.3, -0.25) is 0 Å². The Kier molecular flexibility index (Phi) is 14.0. The van der Waals surface area contributed by atoms with Crippen LogP contribution in [0.3, 0.4) is 0 Å². The van der Waals surface area contributed by atoms with Crippen molar-refractivity contribution in [2.75, 3.05) is 20.1 Å². The lowest BCUT2D eigenvalue weighted by molar-refractivity contribution is 0.343. The molecule has 0 spiro atoms. The second-order valence-electron chi connectivity index (χ2n) is 6.93. The maximum absolute atomic E-state index is 4.23. The van der Waals surface area contributed by atoms with Gasteiger partial charge in [0, 0.05) is 13.1 Å². The predicted molar refractivity (Wildman–Crippen MR) is 97.8 cm³/mol. The zero-order chi connectivity index (χ0) is 15.9. The Morgan fingerprint density at radius 3 is 2.19 bits per heavy atom. The molecule has 0 atom stereocenters. The minimum absolute atomic E-state index is 0.873. The Morgan fingerprint density at radius 1 is 0.952 bits per heavy atom. The first-order valence-electron chi connectivity index (χ1n) is 9.02. The van der Waals surface area contributed by atoms with E-state index in [2.05, 4.69) is 39.0 Å². The molecule has 0 aromatic heterocycles. The first-order chi connectivity index (χ1) is 10.1. The molecule has 0 aliphatic carbocycles. The summed E-state index contributed by atoms with van der Waals surface area (Å²) in [5.74, 6) is 0.873. The highest BCUT2D eigenvalue weighted by Crippen LogP contribution is 2.15. The molecule has 0 aromatic rings. The van der Waals surface area contributed by atoms with Gasteiger partial charge in [0.05, 0.1) is 0 Å². The Balaban J connectivity index is 3.32. The lowest BCUT2D eigenvalue weighted by atomic mass is 10.0. The van der Waals surface area contributed by atoms with Gasteiger partial charge in [0.2, 0.25) is 0 Å². The molecule has 0 heterocycles. The van der Waals surface area contributed by atoms with Crippen molar-refractivity contribution in [1.29, 1.82) is 0 Å². The van der Waals surface area contributed by atoms with Crippen molar-refractivity contribution in [3.63, 3.8) is 0 Å². The molecule has 0 unspecified atom stereocenters. The van der Waals surface area contributed by atoms with Crippen molar-refractivity contribution in [3.05, 3.63) is 24.8 Å². The van der Waals surface area contributed by atoms with Gasteiger partial charge in [-0.2, -0.15) is 0 Å². The molecule has 0 saturated carbocycles. The zero-order valence-corrected chi connectivity index (χ0v) is 15.0. The van der Waals surface area contributed by atoms with E-state index in [1.165, 1.54) is 56.9 Å². The normalized spacial score (nSPS) is 11.3. The van der Waals surface area contributed by atoms with E-state index >= 15 is 0 Å². The average Bonchev–Trinajstić information content (AvgIpc) is 2.45. The van der Waals surface area contributed by atoms with Crippen LogP contribution in [0.4, 0.5) is 0 Å². The quantitative estimate of drug-likeness (QED) is 0.256. The van der Waals surface area contributed by atoms with E-state index < -0.39 is 0 Å². The van der Waals surface area contributed by atoms with Crippen molar-refractivity contribution >= 4 is 0 Å². The van der Waals surface area contributed by atoms with Crippen LogP contribution in [-0.4, -0.2) is 25.0 Å². The fourth-order valence-electron chi connectivity index (χ4n) is 2.53. The molecule has 21 heavy (non-hydrogen) atoms. The molecular formula is C20H39N. The van der Waals surface area contributed by atoms with Gasteiger partial charge in [0.1, 0.15) is 0 Å². The molecular weight excluding hydrogens is 254 g/mol. The maximum atomic E-state index is 4.23. The van der Waals surface area contributed by atoms with E-state index in [9.17, 15) is 0 Å². The van der Waals surface area contributed by atoms with E-state index in [0.29, 0.717) is 0 Å². The standard InChI is InChI=1S/C20H39N/c1-6-7-17-21(5)18-16-20(4)15-13-11-9-8-10-12-14-19(2)3/h6,19H,1,4,7-18H2,2-3,5H3. The summed E-state index contributed by atoms with van der Waals surface area (Å²) in [6.07, 6.45) is 15.2. The highest BCUT2D eigenvalue weighted by molar-refractivity contribution is 4.94. The summed E-state index contributed by atoms with van der Waals surface area (Å²) < 4.78 is 0. The summed E-state index contributed by atoms with van der Waals surface area (Å²) in [6, 6.07) is 0. The first kappa shape index (κ1) is 20.4. The fourth-order valence-corrected chi connectivity index (χ4v) is 2.53. The van der Waals surface area contributed by atoms with Crippen LogP contribution in [0.1, 0.15) is 78.1 Å². The molecule has 0 bridgehead atoms. The Morgan fingerprint density at radius 2 is 1.57 bits per heavy atom. The second-order valence-corrected chi connectivity index (χ2v) is 6.93. The van der Waals surface area contributed by atoms with Crippen LogP contribution in [0.2, 0.25) is 0 Å². The van der Waals surface area contributed by atoms with Gasteiger partial charge in [-0.1, -0.05) is 70.6 Å². The van der Waals surface area contributed by atoms with Crippen LogP contribution >= 0.6 is 0 Å². The van der Waals surface area contributed by atoms with Crippen molar-refractivity contribution in [3.8, 4) is 0 Å². The zero-order valence-electron chi connectivity index (χ0n) is 15.0. The predicted octanol–water partition coefficient (Wildman–Crippen LogP) is 6.22. The van der Waals surface area contributed by atoms with Crippen molar-refractivity contribution in [2.24, 2.45) is 5.92 Å². The summed E-state index contributed by atoms with van der Waals surface area (Å²) in [5.41, 5.74) is 1.43. The van der Waals surface area contributed by atoms with Gasteiger partial charge in [-0.05, 0) is 38.6 Å². The van der Waals surface area contributed by atoms with E-state index in [-0.39, 0.29) is 0 Å². The molecule has 0 aliphatic heterocycles. The van der Waals surface area contributed by atoms with Crippen molar-refractivity contribution < 1.29 is 0 Å². The van der Waals surface area contributed by atoms with E-state index in [1.54, 1.807) is 0 Å². The SMILES string of the molecule is C=CCCN(C)CCC(=C)CCCCCCCCC(C)C. The Hall–Kier alpha value is -0.560. The topological polar surface area (TPSA) is 3.24 Å². The maximum Gasteiger partial charge on any atom is 0.00155 e. The van der Waals surface area contributed by atoms with E-state index in [4.69, 9.17) is 0 Å². The van der Waals surface area contributed by atoms with Crippen LogP contribution < -0.4 is 0 Å². The third-order valence-electron chi connectivity index (χ3n) is 4.12. The molecule has 0 aliphatic rings. The van der Waals surface area contributed by atoms with Crippen LogP contribution in [0.25, 0.3) is 0 Å². The number of nitrogens with zero attached hydrogens (tertiary/aromatic N) is 1. The molecule has 0 saturated heterocycles. The van der Waals surface area contributed by atoms with Gasteiger partial charge in [0.15, 0.2) is 0 Å².